The molecule has 4 aromatic rings. The van der Waals surface area contributed by atoms with Gasteiger partial charge in [0, 0.05) is 11.8 Å². The van der Waals surface area contributed by atoms with Gasteiger partial charge in [-0.15, -0.1) is 0 Å². The Hall–Kier alpha value is -3.05. The third-order valence-corrected chi connectivity index (χ3v) is 4.57. The Morgan fingerprint density at radius 2 is 1.96 bits per heavy atom. The molecule has 0 bridgehead atoms. The number of ether oxygens (including phenoxy) is 1. The lowest BCUT2D eigenvalue weighted by atomic mass is 10.1. The molecule has 0 fully saturated rings. The number of nitrogens with one attached hydrogen (secondary N) is 1. The zero-order valence-electron chi connectivity index (χ0n) is 14.4. The van der Waals surface area contributed by atoms with Crippen molar-refractivity contribution in [3.05, 3.63) is 71.8 Å². The van der Waals surface area contributed by atoms with Crippen LogP contribution in [-0.4, -0.2) is 21.5 Å². The summed E-state index contributed by atoms with van der Waals surface area (Å²) in [7, 11) is 1.65. The molecule has 0 atom stereocenters. The second kappa shape index (κ2) is 6.69. The van der Waals surface area contributed by atoms with E-state index >= 15 is 0 Å². The quantitative estimate of drug-likeness (QED) is 0.546. The van der Waals surface area contributed by atoms with Gasteiger partial charge < -0.3 is 14.5 Å². The number of benzene rings is 2. The van der Waals surface area contributed by atoms with Crippen LogP contribution in [0.5, 0.6) is 5.75 Å². The number of aromatic nitrogens is 3. The number of rotatable bonds is 4. The van der Waals surface area contributed by atoms with Crippen molar-refractivity contribution in [2.45, 2.75) is 6.92 Å². The summed E-state index contributed by atoms with van der Waals surface area (Å²) < 4.78 is 7.42. The molecule has 2 heterocycles. The van der Waals surface area contributed by atoms with E-state index < -0.39 is 0 Å². The van der Waals surface area contributed by atoms with Gasteiger partial charge in [-0.2, -0.15) is 0 Å². The molecule has 0 saturated heterocycles. The summed E-state index contributed by atoms with van der Waals surface area (Å²) in [5.41, 5.74) is 4.43. The molecule has 0 aliphatic carbocycles. The molecule has 0 radical (unpaired) electrons. The number of methoxy groups -OCH3 is 1. The van der Waals surface area contributed by atoms with Crippen LogP contribution in [0.1, 0.15) is 5.56 Å². The molecule has 0 amide bonds. The van der Waals surface area contributed by atoms with Crippen molar-refractivity contribution in [1.29, 1.82) is 0 Å². The minimum atomic E-state index is 0.646. The molecule has 0 unspecified atom stereocenters. The normalized spacial score (nSPS) is 10.9. The van der Waals surface area contributed by atoms with Crippen molar-refractivity contribution < 1.29 is 4.74 Å². The maximum absolute atomic E-state index is 6.38. The SMILES string of the molecule is COc1ccccc1-c1cn2cncc2c(Nc2c(C)cccc2Cl)n1. The highest BCUT2D eigenvalue weighted by Gasteiger charge is 2.13. The van der Waals surface area contributed by atoms with E-state index in [1.54, 1.807) is 19.6 Å². The first-order valence-electron chi connectivity index (χ1n) is 8.15. The summed E-state index contributed by atoms with van der Waals surface area (Å²) in [6, 6.07) is 13.6. The third-order valence-electron chi connectivity index (χ3n) is 4.25. The predicted octanol–water partition coefficient (Wildman–Crippen LogP) is 5.11. The fourth-order valence-electron chi connectivity index (χ4n) is 2.92. The van der Waals surface area contributed by atoms with E-state index in [-0.39, 0.29) is 0 Å². The maximum atomic E-state index is 6.38. The van der Waals surface area contributed by atoms with Gasteiger partial charge in [0.1, 0.15) is 11.3 Å². The first-order valence-corrected chi connectivity index (χ1v) is 8.53. The van der Waals surface area contributed by atoms with E-state index in [0.29, 0.717) is 10.8 Å². The Labute approximate surface area is 156 Å². The zero-order valence-corrected chi connectivity index (χ0v) is 15.2. The summed E-state index contributed by atoms with van der Waals surface area (Å²) in [5, 5.41) is 4.02. The zero-order chi connectivity index (χ0) is 18.1. The lowest BCUT2D eigenvalue weighted by Gasteiger charge is -2.14. The Morgan fingerprint density at radius 1 is 1.12 bits per heavy atom. The number of aryl methyl sites for hydroxylation is 1. The van der Waals surface area contributed by atoms with Crippen molar-refractivity contribution in [1.82, 2.24) is 14.4 Å². The van der Waals surface area contributed by atoms with Gasteiger partial charge in [-0.3, -0.25) is 0 Å². The molecule has 26 heavy (non-hydrogen) atoms. The average Bonchev–Trinajstić information content (AvgIpc) is 3.13. The van der Waals surface area contributed by atoms with E-state index in [2.05, 4.69) is 10.3 Å². The molecule has 0 saturated carbocycles. The van der Waals surface area contributed by atoms with Crippen molar-refractivity contribution in [3.63, 3.8) is 0 Å². The molecule has 5 nitrogen and oxygen atoms in total. The fourth-order valence-corrected chi connectivity index (χ4v) is 3.18. The first-order chi connectivity index (χ1) is 12.7. The standard InChI is InChI=1S/C20H17ClN4O/c1-13-6-5-8-15(21)19(13)24-20-17-10-22-12-25(17)11-16(23-20)14-7-3-4-9-18(14)26-2/h3-12H,1-2H3,(H,23,24). The highest BCUT2D eigenvalue weighted by molar-refractivity contribution is 6.33. The summed E-state index contributed by atoms with van der Waals surface area (Å²) >= 11 is 6.38. The third kappa shape index (κ3) is 2.86. The topological polar surface area (TPSA) is 51.5 Å². The first kappa shape index (κ1) is 16.4. The van der Waals surface area contributed by atoms with E-state index in [9.17, 15) is 0 Å². The molecule has 6 heteroatoms. The number of hydrogen-bond acceptors (Lipinski definition) is 4. The highest BCUT2D eigenvalue weighted by Crippen LogP contribution is 2.33. The predicted molar refractivity (Wildman–Crippen MR) is 104 cm³/mol. The summed E-state index contributed by atoms with van der Waals surface area (Å²) in [4.78, 5) is 9.06. The van der Waals surface area contributed by atoms with Crippen LogP contribution in [0.4, 0.5) is 11.5 Å². The van der Waals surface area contributed by atoms with Gasteiger partial charge in [0.15, 0.2) is 5.82 Å². The van der Waals surface area contributed by atoms with Crippen LogP contribution in [0.3, 0.4) is 0 Å². The van der Waals surface area contributed by atoms with Crippen LogP contribution < -0.4 is 10.1 Å². The molecular weight excluding hydrogens is 348 g/mol. The Bertz CT molecular complexity index is 1070. The molecule has 130 valence electrons. The number of anilines is 2. The molecule has 2 aromatic carbocycles. The fraction of sp³-hybridized carbons (Fsp3) is 0.100. The smallest absolute Gasteiger partial charge is 0.157 e. The number of nitrogens with zero attached hydrogens (tertiary/aromatic N) is 3. The second-order valence-corrected chi connectivity index (χ2v) is 6.33. The Kier molecular flexibility index (Phi) is 4.22. The Morgan fingerprint density at radius 3 is 2.77 bits per heavy atom. The summed E-state index contributed by atoms with van der Waals surface area (Å²) in [5.74, 6) is 1.45. The lowest BCUT2D eigenvalue weighted by molar-refractivity contribution is 0.416. The molecule has 0 spiro atoms. The number of hydrogen-bond donors (Lipinski definition) is 1. The summed E-state index contributed by atoms with van der Waals surface area (Å²) in [6.45, 7) is 2.01. The Balaban J connectivity index is 1.88. The van der Waals surface area contributed by atoms with Crippen molar-refractivity contribution in [3.8, 4) is 17.0 Å². The van der Waals surface area contributed by atoms with Gasteiger partial charge in [0.2, 0.25) is 0 Å². The minimum Gasteiger partial charge on any atom is -0.496 e. The van der Waals surface area contributed by atoms with E-state index in [0.717, 1.165) is 33.8 Å². The van der Waals surface area contributed by atoms with Crippen LogP contribution in [0, 0.1) is 6.92 Å². The molecule has 1 N–H and O–H groups in total. The lowest BCUT2D eigenvalue weighted by Crippen LogP contribution is -2.01. The number of para-hydroxylation sites is 2. The van der Waals surface area contributed by atoms with Gasteiger partial charge in [0.25, 0.3) is 0 Å². The number of halogens is 1. The van der Waals surface area contributed by atoms with Crippen LogP contribution in [-0.2, 0) is 0 Å². The van der Waals surface area contributed by atoms with E-state index in [4.69, 9.17) is 21.3 Å². The van der Waals surface area contributed by atoms with Gasteiger partial charge in [0.05, 0.1) is 36.0 Å². The van der Waals surface area contributed by atoms with Crippen LogP contribution in [0.2, 0.25) is 5.02 Å². The van der Waals surface area contributed by atoms with Crippen LogP contribution in [0.25, 0.3) is 16.8 Å². The molecule has 0 aliphatic rings. The largest absolute Gasteiger partial charge is 0.496 e. The minimum absolute atomic E-state index is 0.646. The monoisotopic (exact) mass is 364 g/mol. The average molecular weight is 365 g/mol. The van der Waals surface area contributed by atoms with Gasteiger partial charge >= 0.3 is 0 Å². The van der Waals surface area contributed by atoms with E-state index in [1.165, 1.54) is 0 Å². The molecule has 4 rings (SSSR count). The highest BCUT2D eigenvalue weighted by atomic mass is 35.5. The molecular formula is C20H17ClN4O. The number of imidazole rings is 1. The van der Waals surface area contributed by atoms with Crippen molar-refractivity contribution in [2.24, 2.45) is 0 Å². The van der Waals surface area contributed by atoms with Gasteiger partial charge in [-0.1, -0.05) is 35.9 Å². The van der Waals surface area contributed by atoms with E-state index in [1.807, 2.05) is 60.0 Å². The molecule has 2 aromatic heterocycles. The summed E-state index contributed by atoms with van der Waals surface area (Å²) in [6.07, 6.45) is 5.46. The van der Waals surface area contributed by atoms with Crippen molar-refractivity contribution in [2.75, 3.05) is 12.4 Å². The molecule has 0 aliphatic heterocycles. The van der Waals surface area contributed by atoms with Gasteiger partial charge in [-0.25, -0.2) is 9.97 Å². The number of fused-ring (bicyclic) bond motifs is 1. The maximum Gasteiger partial charge on any atom is 0.157 e. The van der Waals surface area contributed by atoms with Crippen LogP contribution >= 0.6 is 11.6 Å². The van der Waals surface area contributed by atoms with Crippen LogP contribution in [0.15, 0.2) is 61.2 Å². The van der Waals surface area contributed by atoms with Gasteiger partial charge in [-0.05, 0) is 30.7 Å². The van der Waals surface area contributed by atoms with Crippen molar-refractivity contribution >= 4 is 28.6 Å². The second-order valence-electron chi connectivity index (χ2n) is 5.92.